The van der Waals surface area contributed by atoms with Crippen LogP contribution in [0.5, 0.6) is 0 Å². The van der Waals surface area contributed by atoms with Gasteiger partial charge in [-0.15, -0.1) is 0 Å². The lowest BCUT2D eigenvalue weighted by atomic mass is 9.97. The molecule has 12 aromatic rings. The Morgan fingerprint density at radius 3 is 1.29 bits per heavy atom. The minimum atomic E-state index is 0.775. The molecule has 0 radical (unpaired) electrons. The highest BCUT2D eigenvalue weighted by atomic mass is 16.4. The van der Waals surface area contributed by atoms with Crippen molar-refractivity contribution in [2.45, 2.75) is 0 Å². The van der Waals surface area contributed by atoms with Crippen molar-refractivity contribution >= 4 is 87.8 Å². The van der Waals surface area contributed by atoms with E-state index in [1.165, 1.54) is 5.56 Å². The molecule has 4 heteroatoms. The number of rotatable bonds is 3. The summed E-state index contributed by atoms with van der Waals surface area (Å²) in [5.41, 5.74) is 13.5. The van der Waals surface area contributed by atoms with Gasteiger partial charge in [0.25, 0.3) is 0 Å². The van der Waals surface area contributed by atoms with Gasteiger partial charge >= 0.3 is 0 Å². The van der Waals surface area contributed by atoms with E-state index in [0.717, 1.165) is 116 Å². The largest absolute Gasteiger partial charge is 0.456 e. The van der Waals surface area contributed by atoms with E-state index in [1.54, 1.807) is 0 Å². The second-order valence-electron chi connectivity index (χ2n) is 13.6. The lowest BCUT2D eigenvalue weighted by Gasteiger charge is -2.07. The Kier molecular flexibility index (Phi) is 5.47. The predicted octanol–water partition coefficient (Wildman–Crippen LogP) is 14.3. The van der Waals surface area contributed by atoms with Crippen molar-refractivity contribution in [1.29, 1.82) is 0 Å². The van der Waals surface area contributed by atoms with Crippen LogP contribution in [0.4, 0.5) is 0 Å². The molecule has 0 aliphatic heterocycles. The first-order chi connectivity index (χ1) is 25.7. The van der Waals surface area contributed by atoms with Crippen LogP contribution in [0, 0.1) is 0 Å². The number of fused-ring (bicyclic) bond motifs is 13. The third-order valence-electron chi connectivity index (χ3n) is 10.7. The first-order valence-corrected chi connectivity index (χ1v) is 17.5. The zero-order chi connectivity index (χ0) is 33.9. The predicted molar refractivity (Wildman–Crippen MR) is 212 cm³/mol. The average Bonchev–Trinajstić information content (AvgIpc) is 3.96. The maximum Gasteiger partial charge on any atom is 0.178 e. The van der Waals surface area contributed by atoms with Gasteiger partial charge < -0.3 is 17.7 Å². The molecule has 4 heterocycles. The van der Waals surface area contributed by atoms with Crippen molar-refractivity contribution in [3.05, 3.63) is 158 Å². The maximum atomic E-state index is 6.50. The number of hydrogen-bond donors (Lipinski definition) is 0. The molecule has 0 saturated heterocycles. The van der Waals surface area contributed by atoms with Crippen molar-refractivity contribution in [1.82, 2.24) is 0 Å². The van der Waals surface area contributed by atoms with E-state index in [9.17, 15) is 0 Å². The molecule has 0 unspecified atom stereocenters. The Balaban J connectivity index is 0.950. The summed E-state index contributed by atoms with van der Waals surface area (Å²) < 4.78 is 25.4. The molecule has 12 rings (SSSR count). The lowest BCUT2D eigenvalue weighted by molar-refractivity contribution is 0.633. The fourth-order valence-corrected chi connectivity index (χ4v) is 8.11. The van der Waals surface area contributed by atoms with E-state index in [-0.39, 0.29) is 0 Å². The molecule has 0 N–H and O–H groups in total. The molecular formula is C48H26O4. The quantitative estimate of drug-likeness (QED) is 0.188. The minimum absolute atomic E-state index is 0.775. The van der Waals surface area contributed by atoms with Gasteiger partial charge in [-0.3, -0.25) is 0 Å². The summed E-state index contributed by atoms with van der Waals surface area (Å²) in [6.07, 6.45) is 0. The first kappa shape index (κ1) is 27.7. The summed E-state index contributed by atoms with van der Waals surface area (Å²) in [5, 5.41) is 8.62. The monoisotopic (exact) mass is 666 g/mol. The van der Waals surface area contributed by atoms with E-state index < -0.39 is 0 Å². The third kappa shape index (κ3) is 3.97. The molecular weight excluding hydrogens is 641 g/mol. The number of furan rings is 4. The van der Waals surface area contributed by atoms with Crippen LogP contribution in [-0.4, -0.2) is 0 Å². The topological polar surface area (TPSA) is 52.6 Å². The van der Waals surface area contributed by atoms with Crippen molar-refractivity contribution in [2.24, 2.45) is 0 Å². The van der Waals surface area contributed by atoms with Crippen LogP contribution < -0.4 is 0 Å². The van der Waals surface area contributed by atoms with Crippen molar-refractivity contribution in [3.63, 3.8) is 0 Å². The molecule has 0 amide bonds. The highest BCUT2D eigenvalue weighted by Gasteiger charge is 2.18. The van der Waals surface area contributed by atoms with Gasteiger partial charge in [-0.25, -0.2) is 0 Å². The average molecular weight is 667 g/mol. The van der Waals surface area contributed by atoms with E-state index in [4.69, 9.17) is 17.7 Å². The summed E-state index contributed by atoms with van der Waals surface area (Å²) >= 11 is 0. The summed E-state index contributed by atoms with van der Waals surface area (Å²) in [7, 11) is 0. The van der Waals surface area contributed by atoms with E-state index in [0.29, 0.717) is 0 Å². The Morgan fingerprint density at radius 2 is 0.654 bits per heavy atom. The van der Waals surface area contributed by atoms with Gasteiger partial charge in [0.1, 0.15) is 33.5 Å². The molecule has 0 aliphatic carbocycles. The van der Waals surface area contributed by atoms with Crippen molar-refractivity contribution in [3.8, 4) is 33.4 Å². The molecule has 4 nitrogen and oxygen atoms in total. The molecule has 52 heavy (non-hydrogen) atoms. The SMILES string of the molecule is c1ccc(-c2ccc3oc4c(ccc5c6cc(-c7cccc(-c8ccc9oc%10cc%11oc%12ccccc%12c%11cc%10c9c8)c7)ccc6oc54)c3c2)cc1. The molecule has 0 bridgehead atoms. The van der Waals surface area contributed by atoms with Crippen LogP contribution >= 0.6 is 0 Å². The van der Waals surface area contributed by atoms with Gasteiger partial charge in [0.15, 0.2) is 11.2 Å². The van der Waals surface area contributed by atoms with Crippen LogP contribution in [0.2, 0.25) is 0 Å². The van der Waals surface area contributed by atoms with Crippen molar-refractivity contribution in [2.75, 3.05) is 0 Å². The summed E-state index contributed by atoms with van der Waals surface area (Å²) in [6.45, 7) is 0. The summed E-state index contributed by atoms with van der Waals surface area (Å²) in [4.78, 5) is 0. The second kappa shape index (κ2) is 10.3. The van der Waals surface area contributed by atoms with Crippen LogP contribution in [0.15, 0.2) is 175 Å². The van der Waals surface area contributed by atoms with Crippen LogP contribution in [-0.2, 0) is 0 Å². The zero-order valence-electron chi connectivity index (χ0n) is 27.6. The molecule has 0 atom stereocenters. The van der Waals surface area contributed by atoms with Crippen LogP contribution in [0.1, 0.15) is 0 Å². The molecule has 242 valence electrons. The summed E-state index contributed by atoms with van der Waals surface area (Å²) in [6, 6.07) is 55.2. The smallest absolute Gasteiger partial charge is 0.178 e. The Hall–Kier alpha value is -7.04. The zero-order valence-corrected chi connectivity index (χ0v) is 27.6. The molecule has 0 saturated carbocycles. The van der Waals surface area contributed by atoms with Gasteiger partial charge in [0.05, 0.1) is 0 Å². The van der Waals surface area contributed by atoms with Gasteiger partial charge in [-0.05, 0) is 100 Å². The molecule has 8 aromatic carbocycles. The number of hydrogen-bond acceptors (Lipinski definition) is 4. The second-order valence-corrected chi connectivity index (χ2v) is 13.6. The molecule has 0 aliphatic rings. The van der Waals surface area contributed by atoms with E-state index in [2.05, 4.69) is 127 Å². The van der Waals surface area contributed by atoms with E-state index >= 15 is 0 Å². The fourth-order valence-electron chi connectivity index (χ4n) is 8.11. The van der Waals surface area contributed by atoms with E-state index in [1.807, 2.05) is 30.3 Å². The van der Waals surface area contributed by atoms with Gasteiger partial charge in [0, 0.05) is 49.2 Å². The molecule has 4 aromatic heterocycles. The summed E-state index contributed by atoms with van der Waals surface area (Å²) in [5.74, 6) is 0. The lowest BCUT2D eigenvalue weighted by Crippen LogP contribution is -1.82. The Morgan fingerprint density at radius 1 is 0.212 bits per heavy atom. The molecule has 0 spiro atoms. The fraction of sp³-hybridized carbons (Fsp3) is 0. The molecule has 0 fully saturated rings. The van der Waals surface area contributed by atoms with Crippen molar-refractivity contribution < 1.29 is 17.7 Å². The van der Waals surface area contributed by atoms with Crippen LogP contribution in [0.25, 0.3) is 121 Å². The highest BCUT2D eigenvalue weighted by Crippen LogP contribution is 2.42. The normalized spacial score (nSPS) is 12.2. The number of para-hydroxylation sites is 1. The van der Waals surface area contributed by atoms with Crippen LogP contribution in [0.3, 0.4) is 0 Å². The third-order valence-corrected chi connectivity index (χ3v) is 10.7. The highest BCUT2D eigenvalue weighted by molar-refractivity contribution is 6.20. The standard InChI is InChI=1S/C48H26O4/c1-2-7-27(8-3-1)30-13-19-43-36(22-30)34-16-17-35-37-23-31(15-20-44(37)52-48(35)47(34)51-43)28-9-6-10-29(21-28)32-14-18-42-38(24-32)40-25-39-33-11-4-5-12-41(33)49-45(39)26-46(40)50-42/h1-26H. The number of benzene rings is 8. The van der Waals surface area contributed by atoms with Gasteiger partial charge in [-0.1, -0.05) is 84.9 Å². The Bertz CT molecular complexity index is 3410. The van der Waals surface area contributed by atoms with Gasteiger partial charge in [0.2, 0.25) is 0 Å². The maximum absolute atomic E-state index is 6.50. The first-order valence-electron chi connectivity index (χ1n) is 17.5. The Labute approximate surface area is 295 Å². The minimum Gasteiger partial charge on any atom is -0.456 e. The van der Waals surface area contributed by atoms with Gasteiger partial charge in [-0.2, -0.15) is 0 Å².